The summed E-state index contributed by atoms with van der Waals surface area (Å²) in [6, 6.07) is 0.224. The molecule has 1 fully saturated rings. The number of amidine groups is 1. The largest absolute Gasteiger partial charge is 0.333 e. The van der Waals surface area contributed by atoms with Gasteiger partial charge in [0, 0.05) is 23.6 Å². The van der Waals surface area contributed by atoms with Gasteiger partial charge in [-0.25, -0.2) is 5.10 Å². The van der Waals surface area contributed by atoms with Crippen LogP contribution in [0.15, 0.2) is 16.3 Å². The molecule has 0 unspecified atom stereocenters. The minimum Gasteiger partial charge on any atom is -0.333 e. The van der Waals surface area contributed by atoms with Crippen molar-refractivity contribution in [3.05, 3.63) is 17.1 Å². The SMILES string of the molecule is C[C@@H]1N=C(C(C)(C)C)N2C[C@H](c3nnn[nH]3)CC2=C1C(C)(C)C. The normalized spacial score (nSPS) is 25.7. The van der Waals surface area contributed by atoms with Gasteiger partial charge in [-0.3, -0.25) is 4.99 Å². The second-order valence-electron chi connectivity index (χ2n) is 8.79. The summed E-state index contributed by atoms with van der Waals surface area (Å²) in [7, 11) is 0. The van der Waals surface area contributed by atoms with Crippen LogP contribution in [0.5, 0.6) is 0 Å². The molecule has 3 heterocycles. The van der Waals surface area contributed by atoms with Crippen molar-refractivity contribution in [2.75, 3.05) is 6.54 Å². The van der Waals surface area contributed by atoms with E-state index in [1.54, 1.807) is 0 Å². The molecule has 1 aromatic rings. The van der Waals surface area contributed by atoms with E-state index >= 15 is 0 Å². The van der Waals surface area contributed by atoms with Crippen molar-refractivity contribution in [1.82, 2.24) is 25.5 Å². The van der Waals surface area contributed by atoms with E-state index in [4.69, 9.17) is 4.99 Å². The maximum Gasteiger partial charge on any atom is 0.153 e. The first-order chi connectivity index (χ1) is 10.6. The Morgan fingerprint density at radius 3 is 2.30 bits per heavy atom. The second-order valence-corrected chi connectivity index (χ2v) is 8.79. The molecule has 2 atom stereocenters. The van der Waals surface area contributed by atoms with Crippen molar-refractivity contribution < 1.29 is 0 Å². The topological polar surface area (TPSA) is 70.1 Å². The van der Waals surface area contributed by atoms with Gasteiger partial charge in [-0.05, 0) is 34.8 Å². The van der Waals surface area contributed by atoms with Gasteiger partial charge >= 0.3 is 0 Å². The molecule has 0 aliphatic carbocycles. The van der Waals surface area contributed by atoms with Crippen molar-refractivity contribution in [1.29, 1.82) is 0 Å². The first kappa shape index (κ1) is 16.1. The number of aromatic amines is 1. The molecule has 1 aromatic heterocycles. The first-order valence-corrected chi connectivity index (χ1v) is 8.42. The number of fused-ring (bicyclic) bond motifs is 1. The number of tetrazole rings is 1. The molecule has 0 spiro atoms. The summed E-state index contributed by atoms with van der Waals surface area (Å²) in [4.78, 5) is 7.51. The third-order valence-electron chi connectivity index (χ3n) is 4.70. The van der Waals surface area contributed by atoms with E-state index < -0.39 is 0 Å². The molecule has 3 rings (SSSR count). The number of aliphatic imine (C=N–C) groups is 1. The number of hydrogen-bond donors (Lipinski definition) is 1. The molecule has 1 saturated heterocycles. The molecule has 2 aliphatic heterocycles. The van der Waals surface area contributed by atoms with Gasteiger partial charge < -0.3 is 4.90 Å². The lowest BCUT2D eigenvalue weighted by molar-refractivity contribution is 0.394. The molecule has 23 heavy (non-hydrogen) atoms. The Labute approximate surface area is 138 Å². The van der Waals surface area contributed by atoms with E-state index in [1.165, 1.54) is 17.1 Å². The van der Waals surface area contributed by atoms with E-state index in [9.17, 15) is 0 Å². The van der Waals surface area contributed by atoms with Crippen molar-refractivity contribution in [3.63, 3.8) is 0 Å². The van der Waals surface area contributed by atoms with Gasteiger partial charge in [-0.15, -0.1) is 5.10 Å². The summed E-state index contributed by atoms with van der Waals surface area (Å²) in [5.74, 6) is 2.36. The average Bonchev–Trinajstić information content (AvgIpc) is 3.02. The number of nitrogens with one attached hydrogen (secondary N) is 1. The quantitative estimate of drug-likeness (QED) is 0.864. The van der Waals surface area contributed by atoms with Crippen LogP contribution in [0.1, 0.15) is 66.6 Å². The number of allylic oxidation sites excluding steroid dienone is 1. The smallest absolute Gasteiger partial charge is 0.153 e. The fraction of sp³-hybridized carbons (Fsp3) is 0.765. The molecular formula is C17H28N6. The van der Waals surface area contributed by atoms with E-state index in [0.717, 1.165) is 18.8 Å². The Bertz CT molecular complexity index is 642. The minimum atomic E-state index is 0.0253. The molecule has 1 N–H and O–H groups in total. The number of hydrogen-bond acceptors (Lipinski definition) is 5. The van der Waals surface area contributed by atoms with Crippen LogP contribution in [-0.4, -0.2) is 43.9 Å². The molecule has 6 nitrogen and oxygen atoms in total. The molecule has 126 valence electrons. The van der Waals surface area contributed by atoms with Gasteiger partial charge in [0.05, 0.1) is 6.04 Å². The van der Waals surface area contributed by atoms with Crippen LogP contribution in [0.3, 0.4) is 0 Å². The zero-order valence-electron chi connectivity index (χ0n) is 15.3. The number of rotatable bonds is 1. The fourth-order valence-electron chi connectivity index (χ4n) is 3.95. The van der Waals surface area contributed by atoms with Gasteiger partial charge in [-0.1, -0.05) is 41.5 Å². The Kier molecular flexibility index (Phi) is 3.61. The van der Waals surface area contributed by atoms with Gasteiger partial charge in [-0.2, -0.15) is 0 Å². The van der Waals surface area contributed by atoms with E-state index in [-0.39, 0.29) is 16.9 Å². The van der Waals surface area contributed by atoms with Gasteiger partial charge in [0.25, 0.3) is 0 Å². The highest BCUT2D eigenvalue weighted by Gasteiger charge is 2.43. The zero-order valence-corrected chi connectivity index (χ0v) is 15.3. The lowest BCUT2D eigenvalue weighted by Crippen LogP contribution is -2.43. The van der Waals surface area contributed by atoms with Crippen molar-refractivity contribution in [2.45, 2.75) is 66.8 Å². The summed E-state index contributed by atoms with van der Waals surface area (Å²) in [5, 5.41) is 14.6. The highest BCUT2D eigenvalue weighted by molar-refractivity contribution is 5.90. The molecule has 2 aliphatic rings. The van der Waals surface area contributed by atoms with Crippen LogP contribution in [0, 0.1) is 10.8 Å². The van der Waals surface area contributed by atoms with Crippen LogP contribution in [0.25, 0.3) is 0 Å². The molecular weight excluding hydrogens is 288 g/mol. The van der Waals surface area contributed by atoms with Crippen LogP contribution >= 0.6 is 0 Å². The Balaban J connectivity index is 2.07. The van der Waals surface area contributed by atoms with E-state index in [2.05, 4.69) is 74.0 Å². The van der Waals surface area contributed by atoms with Crippen molar-refractivity contribution >= 4 is 5.84 Å². The summed E-state index contributed by atoms with van der Waals surface area (Å²) < 4.78 is 0. The van der Waals surface area contributed by atoms with Crippen LogP contribution in [-0.2, 0) is 0 Å². The standard InChI is InChI=1S/C17H28N6/c1-10-13(16(2,3)4)12-8-11(14-19-21-22-20-14)9-23(12)15(18-10)17(5,6)7/h10-11H,8-9H2,1-7H3,(H,19,20,21,22)/t10-,11+/m0/s1. The second kappa shape index (κ2) is 5.14. The van der Waals surface area contributed by atoms with Crippen molar-refractivity contribution in [2.24, 2.45) is 15.8 Å². The van der Waals surface area contributed by atoms with Crippen LogP contribution < -0.4 is 0 Å². The van der Waals surface area contributed by atoms with Crippen LogP contribution in [0.4, 0.5) is 0 Å². The van der Waals surface area contributed by atoms with Gasteiger partial charge in [0.15, 0.2) is 5.82 Å². The number of H-pyrrole nitrogens is 1. The highest BCUT2D eigenvalue weighted by atomic mass is 15.5. The van der Waals surface area contributed by atoms with Gasteiger partial charge in [0.1, 0.15) is 5.84 Å². The molecule has 0 aromatic carbocycles. The zero-order chi connectivity index (χ0) is 17.0. The van der Waals surface area contributed by atoms with Crippen molar-refractivity contribution in [3.8, 4) is 0 Å². The predicted octanol–water partition coefficient (Wildman–Crippen LogP) is 3.14. The molecule has 0 amide bonds. The maximum atomic E-state index is 5.08. The minimum absolute atomic E-state index is 0.0253. The number of aromatic nitrogens is 4. The third-order valence-corrected chi connectivity index (χ3v) is 4.70. The maximum absolute atomic E-state index is 5.08. The summed E-state index contributed by atoms with van der Waals surface area (Å²) in [6.45, 7) is 16.7. The first-order valence-electron chi connectivity index (χ1n) is 8.42. The summed E-state index contributed by atoms with van der Waals surface area (Å²) in [6.07, 6.45) is 0.975. The Morgan fingerprint density at radius 1 is 1.09 bits per heavy atom. The molecule has 0 radical (unpaired) electrons. The molecule has 6 heteroatoms. The highest BCUT2D eigenvalue weighted by Crippen LogP contribution is 2.45. The molecule has 0 bridgehead atoms. The van der Waals surface area contributed by atoms with Gasteiger partial charge in [0.2, 0.25) is 0 Å². The summed E-state index contributed by atoms with van der Waals surface area (Å²) >= 11 is 0. The average molecular weight is 316 g/mol. The monoisotopic (exact) mass is 316 g/mol. The Morgan fingerprint density at radius 2 is 1.78 bits per heavy atom. The van der Waals surface area contributed by atoms with E-state index in [0.29, 0.717) is 5.92 Å². The fourth-order valence-corrected chi connectivity index (χ4v) is 3.95. The van der Waals surface area contributed by atoms with Crippen LogP contribution in [0.2, 0.25) is 0 Å². The third kappa shape index (κ3) is 2.79. The predicted molar refractivity (Wildman–Crippen MR) is 91.1 cm³/mol. The summed E-state index contributed by atoms with van der Waals surface area (Å²) in [5.41, 5.74) is 3.00. The molecule has 0 saturated carbocycles. The Hall–Kier alpha value is -1.72. The lowest BCUT2D eigenvalue weighted by atomic mass is 9.79. The number of nitrogens with zero attached hydrogens (tertiary/aromatic N) is 5. The van der Waals surface area contributed by atoms with E-state index in [1.807, 2.05) is 0 Å². The lowest BCUT2D eigenvalue weighted by Gasteiger charge is -2.41.